The molecule has 11 heteroatoms. The molecule has 0 spiro atoms. The van der Waals surface area contributed by atoms with Crippen molar-refractivity contribution in [1.82, 2.24) is 9.88 Å². The zero-order chi connectivity index (χ0) is 27.0. The Labute approximate surface area is 216 Å². The van der Waals surface area contributed by atoms with Crippen LogP contribution in [0, 0.1) is 11.8 Å². The highest BCUT2D eigenvalue weighted by Crippen LogP contribution is 2.53. The van der Waals surface area contributed by atoms with E-state index in [0.29, 0.717) is 21.7 Å². The number of carbonyl (C=O) groups excluding carboxylic acids is 3. The highest BCUT2D eigenvalue weighted by atomic mass is 35.5. The first-order valence-electron chi connectivity index (χ1n) is 11.5. The maximum absolute atomic E-state index is 13.8. The molecule has 1 aromatic carbocycles. The fourth-order valence-electron chi connectivity index (χ4n) is 6.10. The number of nitrogens with zero attached hydrogens (tertiary/aromatic N) is 2. The minimum atomic E-state index is -2.67. The summed E-state index contributed by atoms with van der Waals surface area (Å²) in [4.78, 5) is 44.6. The third-order valence-corrected chi connectivity index (χ3v) is 7.97. The molecule has 10 nitrogen and oxygen atoms in total. The number of aliphatic hydroxyl groups is 3. The number of fused-ring (bicyclic) bond motifs is 3. The lowest BCUT2D eigenvalue weighted by Crippen LogP contribution is -2.63. The van der Waals surface area contributed by atoms with Crippen molar-refractivity contribution in [1.29, 1.82) is 0 Å². The maximum Gasteiger partial charge on any atom is 0.255 e. The van der Waals surface area contributed by atoms with Crippen LogP contribution >= 0.6 is 11.6 Å². The lowest BCUT2D eigenvalue weighted by molar-refractivity contribution is -0.148. The molecule has 192 valence electrons. The Morgan fingerprint density at radius 2 is 1.86 bits per heavy atom. The van der Waals surface area contributed by atoms with E-state index in [1.54, 1.807) is 32.4 Å². The second-order valence-electron chi connectivity index (χ2n) is 9.80. The van der Waals surface area contributed by atoms with Crippen LogP contribution in [0.15, 0.2) is 53.3 Å². The number of pyridine rings is 1. The van der Waals surface area contributed by atoms with Crippen LogP contribution in [0.1, 0.15) is 22.3 Å². The summed E-state index contributed by atoms with van der Waals surface area (Å²) in [5.74, 6) is -6.91. The van der Waals surface area contributed by atoms with Gasteiger partial charge in [-0.15, -0.1) is 0 Å². The van der Waals surface area contributed by atoms with Crippen molar-refractivity contribution in [2.24, 2.45) is 17.6 Å². The molecule has 3 aliphatic rings. The number of aromatic hydroxyl groups is 1. The highest BCUT2D eigenvalue weighted by Gasteiger charge is 2.63. The van der Waals surface area contributed by atoms with E-state index in [1.165, 1.54) is 17.2 Å². The summed E-state index contributed by atoms with van der Waals surface area (Å²) >= 11 is 6.37. The largest absolute Gasteiger partial charge is 0.510 e. The zero-order valence-electron chi connectivity index (χ0n) is 19.9. The van der Waals surface area contributed by atoms with Crippen molar-refractivity contribution >= 4 is 29.1 Å². The number of phenolic OH excluding ortho intramolecular Hbond substituents is 1. The first-order valence-corrected chi connectivity index (χ1v) is 11.9. The number of likely N-dealkylation sites (N-methyl/N-ethyl adjacent to an activating group) is 1. The van der Waals surface area contributed by atoms with Crippen LogP contribution in [0.2, 0.25) is 5.02 Å². The minimum absolute atomic E-state index is 0.00490. The van der Waals surface area contributed by atoms with Gasteiger partial charge in [-0.05, 0) is 56.1 Å². The smallest absolute Gasteiger partial charge is 0.255 e. The van der Waals surface area contributed by atoms with Crippen molar-refractivity contribution in [3.63, 3.8) is 0 Å². The number of Topliss-reactive ketones (excluding diaryl/α,β-unsaturated/α-hetero) is 2. The van der Waals surface area contributed by atoms with Crippen molar-refractivity contribution in [2.45, 2.75) is 24.5 Å². The van der Waals surface area contributed by atoms with Gasteiger partial charge in [-0.2, -0.15) is 0 Å². The maximum atomic E-state index is 13.8. The number of amides is 1. The Morgan fingerprint density at radius 1 is 1.16 bits per heavy atom. The quantitative estimate of drug-likeness (QED) is 0.374. The number of allylic oxidation sites excluding steroid dienone is 1. The molecule has 0 bridgehead atoms. The molecule has 0 aliphatic heterocycles. The number of halogens is 1. The Bertz CT molecular complexity index is 1460. The Hall–Kier alpha value is -3.73. The molecule has 0 radical (unpaired) electrons. The molecule has 0 saturated heterocycles. The molecule has 1 amide bonds. The average molecular weight is 526 g/mol. The van der Waals surface area contributed by atoms with Gasteiger partial charge in [0.15, 0.2) is 11.4 Å². The van der Waals surface area contributed by atoms with Crippen LogP contribution in [0.5, 0.6) is 5.75 Å². The summed E-state index contributed by atoms with van der Waals surface area (Å²) in [5.41, 5.74) is 3.21. The second kappa shape index (κ2) is 8.41. The number of hydrogen-bond acceptors (Lipinski definition) is 9. The molecule has 0 unspecified atom stereocenters. The SMILES string of the molecule is CN(C)[C@@H]1C(O)=C(C(N)=O)C(=O)[C@@]2(O)C(O)=C3C(=O)c4c(O)ccc(-c5ccncc5Cl)c4C[C@H]3C[C@@H]12. The number of benzene rings is 1. The molecule has 6 N–H and O–H groups in total. The van der Waals surface area contributed by atoms with Crippen molar-refractivity contribution in [3.8, 4) is 16.9 Å². The van der Waals surface area contributed by atoms with Gasteiger partial charge < -0.3 is 26.2 Å². The first-order chi connectivity index (χ1) is 17.4. The number of nitrogens with two attached hydrogens (primary N) is 1. The topological polar surface area (TPSA) is 174 Å². The predicted molar refractivity (Wildman–Crippen MR) is 132 cm³/mol. The Balaban J connectivity index is 1.74. The number of primary amides is 1. The van der Waals surface area contributed by atoms with E-state index in [0.717, 1.165) is 0 Å². The minimum Gasteiger partial charge on any atom is -0.510 e. The van der Waals surface area contributed by atoms with E-state index in [9.17, 15) is 34.8 Å². The lowest BCUT2D eigenvalue weighted by Gasteiger charge is -2.50. The number of aliphatic hydroxyl groups excluding tert-OH is 2. The molecule has 4 atom stereocenters. The van der Waals surface area contributed by atoms with Gasteiger partial charge in [0.1, 0.15) is 22.8 Å². The molecule has 1 heterocycles. The number of phenols is 1. The summed E-state index contributed by atoms with van der Waals surface area (Å²) < 4.78 is 0. The predicted octanol–water partition coefficient (Wildman–Crippen LogP) is 1.84. The lowest BCUT2D eigenvalue weighted by atomic mass is 9.58. The van der Waals surface area contributed by atoms with Gasteiger partial charge in [0.25, 0.3) is 5.91 Å². The van der Waals surface area contributed by atoms with Gasteiger partial charge in [0.05, 0.1) is 16.6 Å². The molecule has 3 aliphatic carbocycles. The molecular weight excluding hydrogens is 502 g/mol. The van der Waals surface area contributed by atoms with Gasteiger partial charge in [0, 0.05) is 29.4 Å². The molecule has 0 saturated carbocycles. The summed E-state index contributed by atoms with van der Waals surface area (Å²) in [6.07, 6.45) is 3.17. The zero-order valence-corrected chi connectivity index (χ0v) is 20.7. The van der Waals surface area contributed by atoms with E-state index in [1.807, 2.05) is 0 Å². The number of ketones is 2. The van der Waals surface area contributed by atoms with Gasteiger partial charge in [-0.3, -0.25) is 24.3 Å². The second-order valence-corrected chi connectivity index (χ2v) is 10.2. The van der Waals surface area contributed by atoms with Crippen molar-refractivity contribution < 1.29 is 34.8 Å². The monoisotopic (exact) mass is 525 g/mol. The number of carbonyl (C=O) groups is 3. The van der Waals surface area contributed by atoms with Crippen molar-refractivity contribution in [3.05, 3.63) is 69.4 Å². The Kier molecular flexibility index (Phi) is 5.67. The molecule has 1 aromatic heterocycles. The van der Waals surface area contributed by atoms with Gasteiger partial charge in [-0.25, -0.2) is 0 Å². The fraction of sp³-hybridized carbons (Fsp3) is 0.308. The number of rotatable bonds is 3. The summed E-state index contributed by atoms with van der Waals surface area (Å²) in [6, 6.07) is 3.60. The summed E-state index contributed by atoms with van der Waals surface area (Å²) in [5, 5.41) is 44.8. The average Bonchev–Trinajstić information content (AvgIpc) is 2.82. The van der Waals surface area contributed by atoms with E-state index in [-0.39, 0.29) is 29.7 Å². The van der Waals surface area contributed by atoms with Crippen LogP contribution in [0.25, 0.3) is 11.1 Å². The van der Waals surface area contributed by atoms with Gasteiger partial charge in [0.2, 0.25) is 5.78 Å². The molecule has 5 rings (SSSR count). The number of aromatic nitrogens is 1. The highest BCUT2D eigenvalue weighted by molar-refractivity contribution is 6.33. The molecule has 2 aromatic rings. The third-order valence-electron chi connectivity index (χ3n) is 7.67. The van der Waals surface area contributed by atoms with Crippen LogP contribution in [-0.4, -0.2) is 73.5 Å². The van der Waals surface area contributed by atoms with E-state index in [4.69, 9.17) is 17.3 Å². The van der Waals surface area contributed by atoms with Crippen LogP contribution in [-0.2, 0) is 16.0 Å². The molecule has 37 heavy (non-hydrogen) atoms. The van der Waals surface area contributed by atoms with Crippen LogP contribution < -0.4 is 5.73 Å². The molecule has 0 fully saturated rings. The molecular formula is C26H24ClN3O7. The van der Waals surface area contributed by atoms with E-state index >= 15 is 0 Å². The number of hydrogen-bond donors (Lipinski definition) is 5. The first kappa shape index (κ1) is 24.9. The summed E-state index contributed by atoms with van der Waals surface area (Å²) in [7, 11) is 3.16. The van der Waals surface area contributed by atoms with E-state index < -0.39 is 58.0 Å². The van der Waals surface area contributed by atoms with Gasteiger partial charge >= 0.3 is 0 Å². The third kappa shape index (κ3) is 3.33. The van der Waals surface area contributed by atoms with Gasteiger partial charge in [-0.1, -0.05) is 17.7 Å². The Morgan fingerprint density at radius 3 is 2.49 bits per heavy atom. The summed E-state index contributed by atoms with van der Waals surface area (Å²) in [6.45, 7) is 0. The normalized spacial score (nSPS) is 27.2. The van der Waals surface area contributed by atoms with Crippen LogP contribution in [0.3, 0.4) is 0 Å². The fourth-order valence-corrected chi connectivity index (χ4v) is 6.32. The standard InChI is InChI=1S/C26H24ClN3O7/c1-30(2)20-14-8-10-7-13-11(12-5-6-29-9-15(12)27)3-4-16(31)18(13)21(32)17(10)23(34)26(14,37)24(35)19(22(20)33)25(28)36/h3-6,9-10,14,20,31,33-34,37H,7-8H2,1-2H3,(H2,28,36)/t10-,14-,20-,26-/m0/s1. The van der Waals surface area contributed by atoms with Crippen LogP contribution in [0.4, 0.5) is 0 Å². The van der Waals surface area contributed by atoms with Crippen molar-refractivity contribution in [2.75, 3.05) is 14.1 Å². The van der Waals surface area contributed by atoms with E-state index in [2.05, 4.69) is 4.98 Å².